The third kappa shape index (κ3) is 3.08. The van der Waals surface area contributed by atoms with Crippen molar-refractivity contribution in [2.24, 2.45) is 7.05 Å². The van der Waals surface area contributed by atoms with Gasteiger partial charge in [-0.05, 0) is 14.0 Å². The average Bonchev–Trinajstić information content (AvgIpc) is 2.49. The third-order valence-electron chi connectivity index (χ3n) is 2.04. The van der Waals surface area contributed by atoms with Crippen molar-refractivity contribution in [1.29, 1.82) is 0 Å². The van der Waals surface area contributed by atoms with E-state index in [0.717, 1.165) is 17.6 Å². The summed E-state index contributed by atoms with van der Waals surface area (Å²) in [7, 11) is 3.96. The van der Waals surface area contributed by atoms with Gasteiger partial charge >= 0.3 is 0 Å². The first-order valence-electron chi connectivity index (χ1n) is 4.25. The van der Waals surface area contributed by atoms with E-state index in [1.807, 2.05) is 13.2 Å². The molecule has 0 amide bonds. The molecular formula is C8H15BrN4. The highest BCUT2D eigenvalue weighted by atomic mass is 79.9. The van der Waals surface area contributed by atoms with E-state index in [4.69, 9.17) is 0 Å². The zero-order valence-corrected chi connectivity index (χ0v) is 9.82. The highest BCUT2D eigenvalue weighted by Crippen LogP contribution is 2.04. The lowest BCUT2D eigenvalue weighted by Crippen LogP contribution is -2.29. The Morgan fingerprint density at radius 3 is 2.85 bits per heavy atom. The minimum atomic E-state index is 0.516. The van der Waals surface area contributed by atoms with Crippen molar-refractivity contribution in [3.63, 3.8) is 0 Å². The molecule has 74 valence electrons. The Labute approximate surface area is 87.0 Å². The molecule has 1 unspecified atom stereocenters. The van der Waals surface area contributed by atoms with Gasteiger partial charge in [-0.3, -0.25) is 9.58 Å². The molecule has 5 heteroatoms. The van der Waals surface area contributed by atoms with E-state index in [-0.39, 0.29) is 0 Å². The summed E-state index contributed by atoms with van der Waals surface area (Å²) in [5, 5.41) is 8.89. The molecule has 13 heavy (non-hydrogen) atoms. The van der Waals surface area contributed by atoms with Gasteiger partial charge in [-0.15, -0.1) is 5.10 Å². The minimum absolute atomic E-state index is 0.516. The van der Waals surface area contributed by atoms with Crippen LogP contribution >= 0.6 is 15.9 Å². The molecule has 0 saturated carbocycles. The van der Waals surface area contributed by atoms with Gasteiger partial charge in [-0.25, -0.2) is 0 Å². The summed E-state index contributed by atoms with van der Waals surface area (Å²) in [4.78, 5) is 2.23. The van der Waals surface area contributed by atoms with Gasteiger partial charge in [0.1, 0.15) is 0 Å². The number of aromatic nitrogens is 3. The quantitative estimate of drug-likeness (QED) is 0.745. The van der Waals surface area contributed by atoms with Gasteiger partial charge in [0.05, 0.1) is 5.69 Å². The fraction of sp³-hybridized carbons (Fsp3) is 0.750. The Morgan fingerprint density at radius 2 is 2.38 bits per heavy atom. The fourth-order valence-corrected chi connectivity index (χ4v) is 1.49. The lowest BCUT2D eigenvalue weighted by molar-refractivity contribution is 0.267. The second kappa shape index (κ2) is 4.72. The Balaban J connectivity index is 2.49. The van der Waals surface area contributed by atoms with Crippen LogP contribution in [0.25, 0.3) is 0 Å². The predicted octanol–water partition coefficient (Wildman–Crippen LogP) is 1.03. The van der Waals surface area contributed by atoms with Crippen LogP contribution in [-0.2, 0) is 13.6 Å². The number of hydrogen-bond acceptors (Lipinski definition) is 3. The minimum Gasteiger partial charge on any atom is -0.297 e. The van der Waals surface area contributed by atoms with Crippen LogP contribution in [0.3, 0.4) is 0 Å². The van der Waals surface area contributed by atoms with E-state index in [0.29, 0.717) is 6.04 Å². The van der Waals surface area contributed by atoms with Crippen molar-refractivity contribution in [1.82, 2.24) is 19.9 Å². The van der Waals surface area contributed by atoms with Crippen molar-refractivity contribution >= 4 is 15.9 Å². The first kappa shape index (κ1) is 10.7. The molecule has 0 bridgehead atoms. The molecule has 0 aliphatic carbocycles. The fourth-order valence-electron chi connectivity index (χ4n) is 0.997. The van der Waals surface area contributed by atoms with Crippen LogP contribution in [0.1, 0.15) is 12.6 Å². The Morgan fingerprint density at radius 1 is 1.69 bits per heavy atom. The normalized spacial score (nSPS) is 13.6. The Hall–Kier alpha value is -0.420. The Bertz CT molecular complexity index is 260. The highest BCUT2D eigenvalue weighted by Gasteiger charge is 2.09. The van der Waals surface area contributed by atoms with Gasteiger partial charge in [0.25, 0.3) is 0 Å². The number of halogens is 1. The van der Waals surface area contributed by atoms with Gasteiger partial charge in [0.15, 0.2) is 0 Å². The molecule has 1 aromatic rings. The first-order chi connectivity index (χ1) is 6.13. The largest absolute Gasteiger partial charge is 0.297 e. The predicted molar refractivity (Wildman–Crippen MR) is 55.7 cm³/mol. The summed E-state index contributed by atoms with van der Waals surface area (Å²) in [5.74, 6) is 0. The number of hydrogen-bond donors (Lipinski definition) is 0. The first-order valence-corrected chi connectivity index (χ1v) is 5.37. The van der Waals surface area contributed by atoms with Crippen LogP contribution < -0.4 is 0 Å². The van der Waals surface area contributed by atoms with Crippen LogP contribution in [0.15, 0.2) is 6.20 Å². The summed E-state index contributed by atoms with van der Waals surface area (Å²) in [6, 6.07) is 0.516. The smallest absolute Gasteiger partial charge is 0.0966 e. The molecule has 1 atom stereocenters. The van der Waals surface area contributed by atoms with E-state index in [9.17, 15) is 0 Å². The van der Waals surface area contributed by atoms with E-state index < -0.39 is 0 Å². The average molecular weight is 247 g/mol. The summed E-state index contributed by atoms with van der Waals surface area (Å²) in [5.41, 5.74) is 1.01. The standard InChI is InChI=1S/C8H15BrN4/c1-7(4-9)12(2)5-8-6-13(3)11-10-8/h6-7H,4-5H2,1-3H3. The molecule has 1 heterocycles. The van der Waals surface area contributed by atoms with Crippen LogP contribution in [0.4, 0.5) is 0 Å². The van der Waals surface area contributed by atoms with Gasteiger partial charge < -0.3 is 0 Å². The molecule has 1 rings (SSSR count). The summed E-state index contributed by atoms with van der Waals surface area (Å²) in [6.45, 7) is 3.02. The number of aryl methyl sites for hydroxylation is 1. The van der Waals surface area contributed by atoms with Gasteiger partial charge in [0, 0.05) is 31.2 Å². The monoisotopic (exact) mass is 246 g/mol. The van der Waals surface area contributed by atoms with Gasteiger partial charge in [0.2, 0.25) is 0 Å². The van der Waals surface area contributed by atoms with Crippen molar-refractivity contribution in [3.8, 4) is 0 Å². The Kier molecular flexibility index (Phi) is 3.87. The molecule has 0 aliphatic rings. The SMILES string of the molecule is CC(CBr)N(C)Cc1cn(C)nn1. The van der Waals surface area contributed by atoms with E-state index in [1.54, 1.807) is 4.68 Å². The lowest BCUT2D eigenvalue weighted by Gasteiger charge is -2.21. The maximum absolute atomic E-state index is 4.03. The molecule has 0 aliphatic heterocycles. The molecular weight excluding hydrogens is 232 g/mol. The van der Waals surface area contributed by atoms with E-state index in [2.05, 4.69) is 45.1 Å². The van der Waals surface area contributed by atoms with Crippen LogP contribution in [0, 0.1) is 0 Å². The molecule has 0 aromatic carbocycles. The van der Waals surface area contributed by atoms with Crippen molar-refractivity contribution in [2.75, 3.05) is 12.4 Å². The zero-order valence-electron chi connectivity index (χ0n) is 8.24. The zero-order chi connectivity index (χ0) is 9.84. The second-order valence-corrected chi connectivity index (χ2v) is 3.95. The van der Waals surface area contributed by atoms with Gasteiger partial charge in [-0.2, -0.15) is 0 Å². The highest BCUT2D eigenvalue weighted by molar-refractivity contribution is 9.09. The summed E-state index contributed by atoms with van der Waals surface area (Å²) >= 11 is 3.45. The van der Waals surface area contributed by atoms with Gasteiger partial charge in [-0.1, -0.05) is 21.1 Å². The number of alkyl halides is 1. The molecule has 0 spiro atoms. The molecule has 0 saturated heterocycles. The van der Waals surface area contributed by atoms with Crippen LogP contribution in [0.2, 0.25) is 0 Å². The topological polar surface area (TPSA) is 34.0 Å². The summed E-state index contributed by atoms with van der Waals surface area (Å²) < 4.78 is 1.72. The van der Waals surface area contributed by atoms with E-state index >= 15 is 0 Å². The van der Waals surface area contributed by atoms with Crippen molar-refractivity contribution < 1.29 is 0 Å². The molecule has 1 aromatic heterocycles. The molecule has 0 fully saturated rings. The maximum Gasteiger partial charge on any atom is 0.0966 e. The van der Waals surface area contributed by atoms with Crippen LogP contribution in [0.5, 0.6) is 0 Å². The molecule has 4 nitrogen and oxygen atoms in total. The number of nitrogens with zero attached hydrogens (tertiary/aromatic N) is 4. The van der Waals surface area contributed by atoms with Crippen molar-refractivity contribution in [3.05, 3.63) is 11.9 Å². The molecule has 0 N–H and O–H groups in total. The van der Waals surface area contributed by atoms with E-state index in [1.165, 1.54) is 0 Å². The number of rotatable bonds is 4. The maximum atomic E-state index is 4.03. The van der Waals surface area contributed by atoms with Crippen LogP contribution in [-0.4, -0.2) is 38.3 Å². The molecule has 0 radical (unpaired) electrons. The third-order valence-corrected chi connectivity index (χ3v) is 2.97. The lowest BCUT2D eigenvalue weighted by atomic mass is 10.3. The van der Waals surface area contributed by atoms with Crippen molar-refractivity contribution in [2.45, 2.75) is 19.5 Å². The second-order valence-electron chi connectivity index (χ2n) is 3.30. The summed E-state index contributed by atoms with van der Waals surface area (Å²) in [6.07, 6.45) is 1.94.